The molecular weight excluding hydrogens is 267 g/mol. The Hall–Kier alpha value is -0.430. The Morgan fingerprint density at radius 1 is 1.28 bits per heavy atom. The summed E-state index contributed by atoms with van der Waals surface area (Å²) in [4.78, 5) is 11.2. The van der Waals surface area contributed by atoms with E-state index in [0.29, 0.717) is 0 Å². The monoisotopic (exact) mass is 287 g/mol. The summed E-state index contributed by atoms with van der Waals surface area (Å²) in [6.45, 7) is 5.09. The smallest absolute Gasteiger partial charge is 0.363 e. The van der Waals surface area contributed by atoms with Crippen molar-refractivity contribution in [1.82, 2.24) is 5.32 Å². The number of halogens is 3. The molecule has 3 nitrogen and oxygen atoms in total. The zero-order valence-electron chi connectivity index (χ0n) is 11.2. The number of carbonyl (C=O) groups is 1. The first-order valence-electron chi connectivity index (χ1n) is 5.46. The van der Waals surface area contributed by atoms with Crippen LogP contribution in [0.5, 0.6) is 0 Å². The molecule has 18 heavy (non-hydrogen) atoms. The average molecular weight is 287 g/mol. The van der Waals surface area contributed by atoms with Gasteiger partial charge in [-0.1, -0.05) is 0 Å². The molecule has 1 aliphatic rings. The second-order valence-electron chi connectivity index (χ2n) is 4.97. The highest BCUT2D eigenvalue weighted by atomic mass is 32.2. The summed E-state index contributed by atoms with van der Waals surface area (Å²) in [5.41, 5.74) is -0.623. The molecule has 1 fully saturated rings. The predicted octanol–water partition coefficient (Wildman–Crippen LogP) is 2.60. The molecule has 0 spiro atoms. The number of hydrogen-bond donors (Lipinski definition) is 1. The van der Waals surface area contributed by atoms with Crippen LogP contribution >= 0.6 is 11.8 Å². The van der Waals surface area contributed by atoms with Crippen LogP contribution in [0.2, 0.25) is 0 Å². The van der Waals surface area contributed by atoms with Gasteiger partial charge in [0.25, 0.3) is 0 Å². The van der Waals surface area contributed by atoms with Crippen LogP contribution in [-0.2, 0) is 9.53 Å². The van der Waals surface area contributed by atoms with Crippen molar-refractivity contribution >= 4 is 17.7 Å². The van der Waals surface area contributed by atoms with Crippen LogP contribution in [0.25, 0.3) is 0 Å². The molecule has 2 atom stereocenters. The van der Waals surface area contributed by atoms with Crippen LogP contribution in [0.3, 0.4) is 0 Å². The first-order valence-corrected chi connectivity index (χ1v) is 7.09. The quantitative estimate of drug-likeness (QED) is 0.805. The van der Waals surface area contributed by atoms with Crippen LogP contribution in [0.4, 0.5) is 13.2 Å². The Morgan fingerprint density at radius 3 is 2.00 bits per heavy atom. The lowest BCUT2D eigenvalue weighted by Crippen LogP contribution is -2.39. The van der Waals surface area contributed by atoms with Crippen molar-refractivity contribution in [3.8, 4) is 0 Å². The number of thioether (sulfide) groups is 1. The molecule has 0 aromatic rings. The lowest BCUT2D eigenvalue weighted by atomic mass is 10.1. The fourth-order valence-electron chi connectivity index (χ4n) is 1.39. The van der Waals surface area contributed by atoms with Gasteiger partial charge in [0, 0.05) is 6.42 Å². The van der Waals surface area contributed by atoms with Gasteiger partial charge < -0.3 is 10.1 Å². The molecule has 7 heteroatoms. The van der Waals surface area contributed by atoms with Gasteiger partial charge in [-0.3, -0.25) is 4.79 Å². The van der Waals surface area contributed by atoms with Crippen LogP contribution in [0.15, 0.2) is 0 Å². The van der Waals surface area contributed by atoms with Crippen molar-refractivity contribution < 1.29 is 22.7 Å². The van der Waals surface area contributed by atoms with E-state index in [-0.39, 0.29) is 6.42 Å². The number of rotatable bonds is 1. The molecule has 1 saturated heterocycles. The normalized spacial score (nSPS) is 24.3. The molecule has 0 saturated carbocycles. The molecule has 1 heterocycles. The zero-order valence-corrected chi connectivity index (χ0v) is 12.0. The largest absolute Gasteiger partial charge is 0.408 e. The van der Waals surface area contributed by atoms with Crippen molar-refractivity contribution in [2.45, 2.75) is 51.1 Å². The molecule has 2 unspecified atom stereocenters. The zero-order chi connectivity index (χ0) is 14.6. The summed E-state index contributed by atoms with van der Waals surface area (Å²) in [7, 11) is 0. The highest BCUT2D eigenvalue weighted by molar-refractivity contribution is 7.97. The summed E-state index contributed by atoms with van der Waals surface area (Å²) in [6, 6.07) is -1.78. The summed E-state index contributed by atoms with van der Waals surface area (Å²) in [5, 5.41) is 1.88. The summed E-state index contributed by atoms with van der Waals surface area (Å²) in [6.07, 6.45) is -1.66. The number of amides is 1. The van der Waals surface area contributed by atoms with Gasteiger partial charge in [-0.15, -0.1) is 0 Å². The maximum Gasteiger partial charge on any atom is 0.408 e. The van der Waals surface area contributed by atoms with E-state index in [4.69, 9.17) is 4.74 Å². The van der Waals surface area contributed by atoms with Crippen LogP contribution < -0.4 is 5.32 Å². The van der Waals surface area contributed by atoms with Gasteiger partial charge >= 0.3 is 6.18 Å². The van der Waals surface area contributed by atoms with Gasteiger partial charge in [0.15, 0.2) is 0 Å². The average Bonchev–Trinajstić information content (AvgIpc) is 2.45. The minimum atomic E-state index is -4.40. The van der Waals surface area contributed by atoms with Gasteiger partial charge in [0.1, 0.15) is 12.1 Å². The first kappa shape index (κ1) is 17.6. The molecule has 0 aromatic carbocycles. The molecular formula is C11H20F3NO2S. The first-order chi connectivity index (χ1) is 8.01. The number of hydrogen-bond acceptors (Lipinski definition) is 3. The van der Waals surface area contributed by atoms with E-state index in [1.54, 1.807) is 32.5 Å². The van der Waals surface area contributed by atoms with E-state index in [0.717, 1.165) is 0 Å². The van der Waals surface area contributed by atoms with E-state index >= 15 is 0 Å². The topological polar surface area (TPSA) is 38.3 Å². The Bertz CT molecular complexity index is 276. The maximum atomic E-state index is 12.3. The molecule has 108 valence electrons. The van der Waals surface area contributed by atoms with E-state index in [1.807, 2.05) is 17.8 Å². The fourth-order valence-corrected chi connectivity index (χ4v) is 1.39. The van der Waals surface area contributed by atoms with E-state index in [9.17, 15) is 18.0 Å². The third-order valence-corrected chi connectivity index (χ3v) is 1.95. The highest BCUT2D eigenvalue weighted by Gasteiger charge is 2.48. The van der Waals surface area contributed by atoms with Crippen molar-refractivity contribution in [3.05, 3.63) is 0 Å². The molecule has 1 N–H and O–H groups in total. The SMILES string of the molecule is CC(C)(C)OC1CC(C(F)(F)F)NC1=O.CSC. The second kappa shape index (κ2) is 6.65. The third-order valence-electron chi connectivity index (χ3n) is 1.95. The molecule has 1 amide bonds. The van der Waals surface area contributed by atoms with E-state index < -0.39 is 29.8 Å². The Morgan fingerprint density at radius 2 is 1.72 bits per heavy atom. The molecule has 1 aliphatic heterocycles. The maximum absolute atomic E-state index is 12.3. The number of alkyl halides is 3. The number of carbonyl (C=O) groups excluding carboxylic acids is 1. The van der Waals surface area contributed by atoms with Gasteiger partial charge in [-0.2, -0.15) is 24.9 Å². The standard InChI is InChI=1S/C9H14F3NO2.C2H6S/c1-8(2,3)15-5-4-6(9(10,11)12)13-7(5)14;1-3-2/h5-6H,4H2,1-3H3,(H,13,14);1-2H3. The minimum absolute atomic E-state index is 0.348. The van der Waals surface area contributed by atoms with Crippen LogP contribution in [0, 0.1) is 0 Å². The summed E-state index contributed by atoms with van der Waals surface area (Å²) >= 11 is 1.75. The van der Waals surface area contributed by atoms with E-state index in [2.05, 4.69) is 0 Å². The molecule has 0 radical (unpaired) electrons. The second-order valence-corrected chi connectivity index (χ2v) is 5.78. The lowest BCUT2D eigenvalue weighted by molar-refractivity contribution is -0.156. The number of nitrogens with one attached hydrogen (secondary N) is 1. The number of ether oxygens (including phenoxy) is 1. The minimum Gasteiger partial charge on any atom is -0.363 e. The van der Waals surface area contributed by atoms with Crippen molar-refractivity contribution in [2.24, 2.45) is 0 Å². The fraction of sp³-hybridized carbons (Fsp3) is 0.909. The predicted molar refractivity (Wildman–Crippen MR) is 66.7 cm³/mol. The van der Waals surface area contributed by atoms with Gasteiger partial charge in [0.2, 0.25) is 5.91 Å². The highest BCUT2D eigenvalue weighted by Crippen LogP contribution is 2.29. The van der Waals surface area contributed by atoms with Gasteiger partial charge in [-0.25, -0.2) is 0 Å². The van der Waals surface area contributed by atoms with Crippen molar-refractivity contribution in [2.75, 3.05) is 12.5 Å². The van der Waals surface area contributed by atoms with Crippen molar-refractivity contribution in [3.63, 3.8) is 0 Å². The molecule has 0 aliphatic carbocycles. The van der Waals surface area contributed by atoms with Gasteiger partial charge in [-0.05, 0) is 33.3 Å². The van der Waals surface area contributed by atoms with E-state index in [1.165, 1.54) is 0 Å². The third kappa shape index (κ3) is 6.49. The molecule has 0 bridgehead atoms. The van der Waals surface area contributed by atoms with Crippen molar-refractivity contribution in [1.29, 1.82) is 0 Å². The molecule has 0 aromatic heterocycles. The summed E-state index contributed by atoms with van der Waals surface area (Å²) in [5.74, 6) is -0.688. The Balaban J connectivity index is 0.000000873. The Kier molecular flexibility index (Phi) is 6.50. The Labute approximate surface area is 110 Å². The lowest BCUT2D eigenvalue weighted by Gasteiger charge is -2.23. The summed E-state index contributed by atoms with van der Waals surface area (Å²) < 4.78 is 42.0. The van der Waals surface area contributed by atoms with Gasteiger partial charge in [0.05, 0.1) is 5.60 Å². The van der Waals surface area contributed by atoms with Crippen LogP contribution in [-0.4, -0.2) is 42.3 Å². The van der Waals surface area contributed by atoms with Crippen LogP contribution in [0.1, 0.15) is 27.2 Å². The molecule has 1 rings (SSSR count).